The summed E-state index contributed by atoms with van der Waals surface area (Å²) in [5, 5.41) is 15.0. The zero-order valence-electron chi connectivity index (χ0n) is 18.8. The smallest absolute Gasteiger partial charge is 0.293 e. The molecule has 0 saturated carbocycles. The molecule has 2 saturated heterocycles. The van der Waals surface area contributed by atoms with Gasteiger partial charge in [-0.1, -0.05) is 18.2 Å². The number of likely N-dealkylation sites (tertiary alicyclic amines) is 1. The molecule has 0 bridgehead atoms. The van der Waals surface area contributed by atoms with Crippen molar-refractivity contribution in [3.05, 3.63) is 58.1 Å². The molecule has 1 unspecified atom stereocenters. The zero-order chi connectivity index (χ0) is 23.4. The first-order valence-electron chi connectivity index (χ1n) is 11.3. The summed E-state index contributed by atoms with van der Waals surface area (Å²) in [6.45, 7) is 3.22. The normalized spacial score (nSPS) is 18.3. The number of hydrogen-bond donors (Lipinski definition) is 1. The van der Waals surface area contributed by atoms with Crippen LogP contribution in [0.5, 0.6) is 5.75 Å². The molecule has 0 spiro atoms. The fraction of sp³-hybridized carbons (Fsp3) is 0.478. The number of methoxy groups -OCH3 is 1. The van der Waals surface area contributed by atoms with E-state index in [1.54, 1.807) is 7.11 Å². The number of rotatable bonds is 9. The van der Waals surface area contributed by atoms with Gasteiger partial charge in [-0.05, 0) is 57.0 Å². The third kappa shape index (κ3) is 4.97. The minimum atomic E-state index is -3.73. The van der Waals surface area contributed by atoms with E-state index in [4.69, 9.17) is 4.74 Å². The third-order valence-electron chi connectivity index (χ3n) is 6.43. The van der Waals surface area contributed by atoms with Crippen LogP contribution in [0.3, 0.4) is 0 Å². The lowest BCUT2D eigenvalue weighted by Crippen LogP contribution is -2.31. The Morgan fingerprint density at radius 2 is 1.73 bits per heavy atom. The Morgan fingerprint density at radius 3 is 2.39 bits per heavy atom. The molecule has 1 atom stereocenters. The van der Waals surface area contributed by atoms with Gasteiger partial charge >= 0.3 is 0 Å². The number of para-hydroxylation sites is 1. The highest BCUT2D eigenvalue weighted by Gasteiger charge is 2.30. The molecule has 0 aliphatic carbocycles. The van der Waals surface area contributed by atoms with E-state index in [-0.39, 0.29) is 16.6 Å². The van der Waals surface area contributed by atoms with Crippen LogP contribution >= 0.6 is 0 Å². The minimum absolute atomic E-state index is 0.0312. The standard InChI is InChI=1S/C23H30N4O5S/c1-32-23-9-3-2-8-19(23)22(25-12-4-5-13-25)17-24-20-11-10-18(16-21(20)27(28)29)33(30,31)26-14-6-7-15-26/h2-3,8-11,16,22,24H,4-7,12-15,17H2,1H3. The summed E-state index contributed by atoms with van der Waals surface area (Å²) in [4.78, 5) is 13.6. The number of ether oxygens (including phenoxy) is 1. The molecule has 0 aromatic heterocycles. The average Bonchev–Trinajstić information content (AvgIpc) is 3.54. The summed E-state index contributed by atoms with van der Waals surface area (Å²) in [6, 6.07) is 11.9. The Labute approximate surface area is 194 Å². The van der Waals surface area contributed by atoms with Gasteiger partial charge < -0.3 is 10.1 Å². The van der Waals surface area contributed by atoms with Crippen molar-refractivity contribution < 1.29 is 18.1 Å². The molecule has 4 rings (SSSR count). The largest absolute Gasteiger partial charge is 0.496 e. The average molecular weight is 475 g/mol. The van der Waals surface area contributed by atoms with Crippen molar-refractivity contribution in [1.29, 1.82) is 0 Å². The highest BCUT2D eigenvalue weighted by atomic mass is 32.2. The van der Waals surface area contributed by atoms with E-state index in [0.29, 0.717) is 25.3 Å². The Morgan fingerprint density at radius 1 is 1.06 bits per heavy atom. The van der Waals surface area contributed by atoms with E-state index in [1.807, 2.05) is 24.3 Å². The number of benzene rings is 2. The van der Waals surface area contributed by atoms with Crippen LogP contribution in [0.2, 0.25) is 0 Å². The monoisotopic (exact) mass is 474 g/mol. The maximum atomic E-state index is 12.9. The van der Waals surface area contributed by atoms with Gasteiger partial charge in [-0.2, -0.15) is 4.31 Å². The summed E-state index contributed by atoms with van der Waals surface area (Å²) in [5.41, 5.74) is 1.08. The SMILES string of the molecule is COc1ccccc1C(CNc1ccc(S(=O)(=O)N2CCCC2)cc1[N+](=O)[O-])N1CCCC1. The summed E-state index contributed by atoms with van der Waals surface area (Å²) in [5.74, 6) is 0.776. The molecule has 1 N–H and O–H groups in total. The zero-order valence-corrected chi connectivity index (χ0v) is 19.6. The van der Waals surface area contributed by atoms with Crippen molar-refractivity contribution in [3.63, 3.8) is 0 Å². The lowest BCUT2D eigenvalue weighted by molar-refractivity contribution is -0.384. The molecular weight excluding hydrogens is 444 g/mol. The van der Waals surface area contributed by atoms with Crippen molar-refractivity contribution in [2.45, 2.75) is 36.6 Å². The summed E-state index contributed by atoms with van der Waals surface area (Å²) in [7, 11) is -2.09. The van der Waals surface area contributed by atoms with Gasteiger partial charge in [-0.25, -0.2) is 8.42 Å². The first kappa shape index (κ1) is 23.5. The quantitative estimate of drug-likeness (QED) is 0.437. The molecular formula is C23H30N4O5S. The van der Waals surface area contributed by atoms with Crippen LogP contribution in [0.4, 0.5) is 11.4 Å². The van der Waals surface area contributed by atoms with Crippen LogP contribution in [0.15, 0.2) is 47.4 Å². The molecule has 0 radical (unpaired) electrons. The molecule has 10 heteroatoms. The Hall–Kier alpha value is -2.69. The second kappa shape index (κ2) is 10.1. The van der Waals surface area contributed by atoms with Crippen LogP contribution in [0.1, 0.15) is 37.3 Å². The lowest BCUT2D eigenvalue weighted by Gasteiger charge is -2.29. The van der Waals surface area contributed by atoms with E-state index in [0.717, 1.165) is 50.1 Å². The van der Waals surface area contributed by atoms with Crippen LogP contribution in [0.25, 0.3) is 0 Å². The predicted octanol–water partition coefficient (Wildman–Crippen LogP) is 3.64. The number of anilines is 1. The Balaban J connectivity index is 1.61. The van der Waals surface area contributed by atoms with Crippen molar-refractivity contribution in [2.24, 2.45) is 0 Å². The maximum absolute atomic E-state index is 12.9. The predicted molar refractivity (Wildman–Crippen MR) is 126 cm³/mol. The summed E-state index contributed by atoms with van der Waals surface area (Å²) >= 11 is 0. The van der Waals surface area contributed by atoms with Crippen molar-refractivity contribution in [3.8, 4) is 5.75 Å². The van der Waals surface area contributed by atoms with Crippen molar-refractivity contribution in [2.75, 3.05) is 45.2 Å². The molecule has 2 fully saturated rings. The van der Waals surface area contributed by atoms with E-state index in [9.17, 15) is 18.5 Å². The van der Waals surface area contributed by atoms with Gasteiger partial charge in [-0.3, -0.25) is 15.0 Å². The first-order valence-corrected chi connectivity index (χ1v) is 12.8. The fourth-order valence-electron chi connectivity index (χ4n) is 4.69. The van der Waals surface area contributed by atoms with E-state index in [1.165, 1.54) is 22.5 Å². The van der Waals surface area contributed by atoms with E-state index >= 15 is 0 Å². The van der Waals surface area contributed by atoms with Crippen molar-refractivity contribution in [1.82, 2.24) is 9.21 Å². The van der Waals surface area contributed by atoms with Crippen molar-refractivity contribution >= 4 is 21.4 Å². The van der Waals surface area contributed by atoms with Gasteiger partial charge in [0, 0.05) is 31.3 Å². The molecule has 9 nitrogen and oxygen atoms in total. The van der Waals surface area contributed by atoms with Crippen LogP contribution in [-0.4, -0.2) is 62.4 Å². The molecule has 2 aromatic carbocycles. The van der Waals surface area contributed by atoms with Gasteiger partial charge in [-0.15, -0.1) is 0 Å². The second-order valence-corrected chi connectivity index (χ2v) is 10.4. The number of hydrogen-bond acceptors (Lipinski definition) is 7. The highest BCUT2D eigenvalue weighted by molar-refractivity contribution is 7.89. The third-order valence-corrected chi connectivity index (χ3v) is 8.33. The molecule has 2 aromatic rings. The van der Waals surface area contributed by atoms with Gasteiger partial charge in [0.1, 0.15) is 11.4 Å². The maximum Gasteiger partial charge on any atom is 0.293 e. The van der Waals surface area contributed by atoms with Crippen LogP contribution in [-0.2, 0) is 10.0 Å². The molecule has 0 amide bonds. The van der Waals surface area contributed by atoms with E-state index < -0.39 is 14.9 Å². The molecule has 178 valence electrons. The molecule has 2 heterocycles. The second-order valence-electron chi connectivity index (χ2n) is 8.43. The summed E-state index contributed by atoms with van der Waals surface area (Å²) < 4.78 is 32.7. The molecule has 2 aliphatic rings. The van der Waals surface area contributed by atoms with Gasteiger partial charge in [0.05, 0.1) is 23.0 Å². The Kier molecular flexibility index (Phi) is 7.16. The first-order chi connectivity index (χ1) is 15.9. The Bertz CT molecular complexity index is 1100. The van der Waals surface area contributed by atoms with Gasteiger partial charge in [0.15, 0.2) is 0 Å². The van der Waals surface area contributed by atoms with Gasteiger partial charge in [0.25, 0.3) is 5.69 Å². The minimum Gasteiger partial charge on any atom is -0.496 e. The van der Waals surface area contributed by atoms with Gasteiger partial charge in [0.2, 0.25) is 10.0 Å². The highest BCUT2D eigenvalue weighted by Crippen LogP contribution is 2.34. The number of nitro benzene ring substituents is 1. The lowest BCUT2D eigenvalue weighted by atomic mass is 10.0. The molecule has 33 heavy (non-hydrogen) atoms. The topological polar surface area (TPSA) is 105 Å². The fourth-order valence-corrected chi connectivity index (χ4v) is 6.22. The molecule has 2 aliphatic heterocycles. The number of nitrogens with one attached hydrogen (secondary N) is 1. The van der Waals surface area contributed by atoms with Crippen LogP contribution in [0, 0.1) is 10.1 Å². The number of nitrogens with zero attached hydrogens (tertiary/aromatic N) is 3. The summed E-state index contributed by atoms with van der Waals surface area (Å²) in [6.07, 6.45) is 3.83. The number of nitro groups is 1. The van der Waals surface area contributed by atoms with E-state index in [2.05, 4.69) is 10.2 Å². The number of sulfonamides is 1. The van der Waals surface area contributed by atoms with Crippen LogP contribution < -0.4 is 10.1 Å².